The highest BCUT2D eigenvalue weighted by molar-refractivity contribution is 14.0. The zero-order chi connectivity index (χ0) is 12.7. The normalized spacial score (nSPS) is 19.3. The maximum absolute atomic E-state index is 9.50. The second-order valence-corrected chi connectivity index (χ2v) is 5.74. The van der Waals surface area contributed by atoms with Crippen LogP contribution in [0.4, 0.5) is 0 Å². The number of thioether (sulfide) groups is 1. The highest BCUT2D eigenvalue weighted by Crippen LogP contribution is 2.11. The van der Waals surface area contributed by atoms with Crippen molar-refractivity contribution in [1.29, 1.82) is 0 Å². The molecular formula is C12H26IN3OS. The number of aliphatic hydroxyl groups excluding tert-OH is 1. The van der Waals surface area contributed by atoms with Crippen LogP contribution in [0.25, 0.3) is 0 Å². The van der Waals surface area contributed by atoms with Gasteiger partial charge in [0.2, 0.25) is 0 Å². The van der Waals surface area contributed by atoms with Crippen LogP contribution in [0.1, 0.15) is 26.7 Å². The van der Waals surface area contributed by atoms with Crippen LogP contribution in [0.2, 0.25) is 0 Å². The van der Waals surface area contributed by atoms with Gasteiger partial charge in [-0.3, -0.25) is 4.99 Å². The summed E-state index contributed by atoms with van der Waals surface area (Å²) in [5.74, 6) is 1.00. The number of hydrogen-bond acceptors (Lipinski definition) is 3. The van der Waals surface area contributed by atoms with E-state index in [9.17, 15) is 5.11 Å². The van der Waals surface area contributed by atoms with Gasteiger partial charge in [-0.2, -0.15) is 11.8 Å². The Bertz CT molecular complexity index is 245. The summed E-state index contributed by atoms with van der Waals surface area (Å²) >= 11 is 1.84. The van der Waals surface area contributed by atoms with Gasteiger partial charge in [0.15, 0.2) is 5.96 Å². The van der Waals surface area contributed by atoms with E-state index in [-0.39, 0.29) is 30.1 Å². The van der Waals surface area contributed by atoms with Crippen LogP contribution in [0.5, 0.6) is 0 Å². The molecule has 1 saturated heterocycles. The van der Waals surface area contributed by atoms with Crippen molar-refractivity contribution >= 4 is 41.7 Å². The van der Waals surface area contributed by atoms with E-state index in [0.29, 0.717) is 5.25 Å². The number of hydrogen-bond donors (Lipinski definition) is 2. The molecule has 0 spiro atoms. The van der Waals surface area contributed by atoms with Gasteiger partial charge in [0.25, 0.3) is 0 Å². The summed E-state index contributed by atoms with van der Waals surface area (Å²) in [7, 11) is 0. The van der Waals surface area contributed by atoms with Crippen molar-refractivity contribution < 1.29 is 5.11 Å². The molecule has 0 saturated carbocycles. The monoisotopic (exact) mass is 387 g/mol. The third-order valence-corrected chi connectivity index (χ3v) is 3.95. The number of guanidine groups is 1. The van der Waals surface area contributed by atoms with Gasteiger partial charge < -0.3 is 15.3 Å². The zero-order valence-electron chi connectivity index (χ0n) is 11.6. The van der Waals surface area contributed by atoms with Crippen molar-refractivity contribution in [2.45, 2.75) is 38.0 Å². The Labute approximate surface area is 132 Å². The summed E-state index contributed by atoms with van der Waals surface area (Å²) in [5, 5.41) is 13.4. The highest BCUT2D eigenvalue weighted by Gasteiger charge is 2.19. The van der Waals surface area contributed by atoms with Gasteiger partial charge in [0, 0.05) is 24.9 Å². The van der Waals surface area contributed by atoms with Gasteiger partial charge in [-0.15, -0.1) is 24.0 Å². The molecule has 1 aliphatic rings. The summed E-state index contributed by atoms with van der Waals surface area (Å²) in [4.78, 5) is 6.92. The van der Waals surface area contributed by atoms with E-state index >= 15 is 0 Å². The van der Waals surface area contributed by atoms with Gasteiger partial charge in [-0.05, 0) is 26.0 Å². The molecule has 2 N–H and O–H groups in total. The number of halogens is 1. The van der Waals surface area contributed by atoms with Crippen LogP contribution in [0, 0.1) is 0 Å². The lowest BCUT2D eigenvalue weighted by atomic mass is 10.1. The number of likely N-dealkylation sites (tertiary alicyclic amines) is 1. The van der Waals surface area contributed by atoms with Crippen molar-refractivity contribution in [3.8, 4) is 0 Å². The molecule has 1 atom stereocenters. The van der Waals surface area contributed by atoms with Gasteiger partial charge in [0.1, 0.15) is 0 Å². The number of rotatable bonds is 4. The Morgan fingerprint density at radius 2 is 2.11 bits per heavy atom. The Balaban J connectivity index is 0.00000289. The van der Waals surface area contributed by atoms with E-state index < -0.39 is 0 Å². The molecule has 0 aromatic rings. The number of nitrogens with one attached hydrogen (secondary N) is 1. The van der Waals surface area contributed by atoms with Gasteiger partial charge >= 0.3 is 0 Å². The van der Waals surface area contributed by atoms with Crippen molar-refractivity contribution in [2.24, 2.45) is 4.99 Å². The lowest BCUT2D eigenvalue weighted by Crippen LogP contribution is -2.46. The van der Waals surface area contributed by atoms with Crippen molar-refractivity contribution in [1.82, 2.24) is 10.2 Å². The molecule has 0 aliphatic carbocycles. The largest absolute Gasteiger partial charge is 0.393 e. The first kappa shape index (κ1) is 18.3. The molecule has 6 heteroatoms. The second-order valence-electron chi connectivity index (χ2n) is 4.46. The lowest BCUT2D eigenvalue weighted by molar-refractivity contribution is 0.108. The van der Waals surface area contributed by atoms with Crippen LogP contribution in [0.15, 0.2) is 4.99 Å². The molecule has 1 rings (SSSR count). The molecule has 0 aromatic carbocycles. The van der Waals surface area contributed by atoms with Gasteiger partial charge in [-0.25, -0.2) is 0 Å². The molecule has 0 amide bonds. The van der Waals surface area contributed by atoms with Crippen molar-refractivity contribution in [2.75, 3.05) is 32.4 Å². The molecular weight excluding hydrogens is 361 g/mol. The summed E-state index contributed by atoms with van der Waals surface area (Å²) in [5.41, 5.74) is 0. The maximum atomic E-state index is 9.50. The van der Waals surface area contributed by atoms with E-state index in [1.165, 1.54) is 0 Å². The molecule has 1 fully saturated rings. The van der Waals surface area contributed by atoms with Gasteiger partial charge in [0.05, 0.1) is 12.6 Å². The predicted octanol–water partition coefficient (Wildman–Crippen LogP) is 1.78. The minimum absolute atomic E-state index is 0. The number of piperidine rings is 1. The van der Waals surface area contributed by atoms with Crippen molar-refractivity contribution in [3.05, 3.63) is 0 Å². The van der Waals surface area contributed by atoms with Crippen LogP contribution < -0.4 is 5.32 Å². The fourth-order valence-corrected chi connectivity index (χ4v) is 2.02. The molecule has 1 unspecified atom stereocenters. The Morgan fingerprint density at radius 1 is 1.50 bits per heavy atom. The number of nitrogens with zero attached hydrogens (tertiary/aromatic N) is 2. The van der Waals surface area contributed by atoms with Crippen LogP contribution in [-0.2, 0) is 0 Å². The molecule has 0 bridgehead atoms. The minimum atomic E-state index is -0.126. The molecule has 1 heterocycles. The zero-order valence-corrected chi connectivity index (χ0v) is 14.7. The molecule has 1 aliphatic heterocycles. The third-order valence-electron chi connectivity index (χ3n) is 3.00. The highest BCUT2D eigenvalue weighted by atomic mass is 127. The van der Waals surface area contributed by atoms with E-state index in [2.05, 4.69) is 35.3 Å². The molecule has 0 aromatic heterocycles. The first-order valence-electron chi connectivity index (χ1n) is 6.41. The average Bonchev–Trinajstić information content (AvgIpc) is 2.35. The predicted molar refractivity (Wildman–Crippen MR) is 91.2 cm³/mol. The topological polar surface area (TPSA) is 47.9 Å². The van der Waals surface area contributed by atoms with E-state index in [1.807, 2.05) is 11.8 Å². The molecule has 4 nitrogen and oxygen atoms in total. The van der Waals surface area contributed by atoms with Crippen LogP contribution in [-0.4, -0.2) is 59.8 Å². The van der Waals surface area contributed by atoms with E-state index in [4.69, 9.17) is 0 Å². The SMILES string of the molecule is CCNC(=NCC(C)SC)N1CCC(O)CC1.I. The Morgan fingerprint density at radius 3 is 2.61 bits per heavy atom. The Kier molecular flexibility index (Phi) is 10.3. The first-order valence-corrected chi connectivity index (χ1v) is 7.70. The second kappa shape index (κ2) is 10.1. The number of aliphatic hydroxyl groups is 1. The summed E-state index contributed by atoms with van der Waals surface area (Å²) in [6, 6.07) is 0. The Hall–Kier alpha value is 0.310. The fourth-order valence-electron chi connectivity index (χ4n) is 1.79. The molecule has 108 valence electrons. The molecule has 18 heavy (non-hydrogen) atoms. The molecule has 0 radical (unpaired) electrons. The maximum Gasteiger partial charge on any atom is 0.193 e. The quantitative estimate of drug-likeness (QED) is 0.439. The average molecular weight is 387 g/mol. The standard InChI is InChI=1S/C12H25N3OS.HI/c1-4-13-12(14-9-10(2)17-3)15-7-5-11(16)6-8-15;/h10-11,16H,4-9H2,1-3H3,(H,13,14);1H. The van der Waals surface area contributed by atoms with Crippen LogP contribution in [0.3, 0.4) is 0 Å². The minimum Gasteiger partial charge on any atom is -0.393 e. The van der Waals surface area contributed by atoms with Crippen LogP contribution >= 0.6 is 35.7 Å². The lowest BCUT2D eigenvalue weighted by Gasteiger charge is -2.32. The summed E-state index contributed by atoms with van der Waals surface area (Å²) in [6.07, 6.45) is 3.69. The van der Waals surface area contributed by atoms with E-state index in [0.717, 1.165) is 45.0 Å². The summed E-state index contributed by atoms with van der Waals surface area (Å²) < 4.78 is 0. The van der Waals surface area contributed by atoms with E-state index in [1.54, 1.807) is 0 Å². The first-order chi connectivity index (χ1) is 8.17. The summed E-state index contributed by atoms with van der Waals surface area (Å²) in [6.45, 7) is 7.83. The van der Waals surface area contributed by atoms with Gasteiger partial charge in [-0.1, -0.05) is 6.92 Å². The number of aliphatic imine (C=N–C) groups is 1. The van der Waals surface area contributed by atoms with Crippen molar-refractivity contribution in [3.63, 3.8) is 0 Å². The smallest absolute Gasteiger partial charge is 0.193 e. The third kappa shape index (κ3) is 6.47. The fraction of sp³-hybridized carbons (Fsp3) is 0.917.